The maximum Gasteiger partial charge on any atom is 0.191 e. The lowest BCUT2D eigenvalue weighted by Crippen LogP contribution is -2.13. The quantitative estimate of drug-likeness (QED) is 0.302. The highest BCUT2D eigenvalue weighted by atomic mass is 16.8. The summed E-state index contributed by atoms with van der Waals surface area (Å²) < 4.78 is 42.0. The predicted octanol–water partition coefficient (Wildman–Crippen LogP) is 3.50. The Morgan fingerprint density at radius 3 is 1.90 bits per heavy atom. The van der Waals surface area contributed by atoms with Gasteiger partial charge in [-0.2, -0.15) is 0 Å². The highest BCUT2D eigenvalue weighted by Crippen LogP contribution is 2.40. The number of benzene rings is 2. The Kier molecular flexibility index (Phi) is 9.35. The van der Waals surface area contributed by atoms with Crippen LogP contribution in [-0.2, 0) is 34.8 Å². The van der Waals surface area contributed by atoms with E-state index in [1.807, 2.05) is 12.1 Å². The summed E-state index contributed by atoms with van der Waals surface area (Å²) >= 11 is 0. The lowest BCUT2D eigenvalue weighted by Gasteiger charge is -2.24. The van der Waals surface area contributed by atoms with Crippen LogP contribution in [-0.4, -0.2) is 55.0 Å². The highest BCUT2D eigenvalue weighted by molar-refractivity contribution is 5.74. The van der Waals surface area contributed by atoms with Crippen molar-refractivity contribution in [2.45, 2.75) is 13.3 Å². The van der Waals surface area contributed by atoms with Gasteiger partial charge >= 0.3 is 0 Å². The van der Waals surface area contributed by atoms with Crippen LogP contribution in [0.2, 0.25) is 0 Å². The van der Waals surface area contributed by atoms with E-state index in [2.05, 4.69) is 30.4 Å². The van der Waals surface area contributed by atoms with Crippen LogP contribution in [0.25, 0.3) is 0 Å². The van der Waals surface area contributed by atoms with E-state index in [1.54, 1.807) is 14.2 Å². The van der Waals surface area contributed by atoms with Gasteiger partial charge in [-0.25, -0.2) is 0 Å². The minimum absolute atomic E-state index is 0.000207. The Labute approximate surface area is 182 Å². The molecule has 0 amide bonds. The molecule has 1 aliphatic rings. The molecular weight excluding hydrogens is 406 g/mol. The topological polar surface area (TPSA) is 85.9 Å². The van der Waals surface area contributed by atoms with Gasteiger partial charge in [0, 0.05) is 38.1 Å². The first-order valence-electron chi connectivity index (χ1n) is 9.79. The van der Waals surface area contributed by atoms with Gasteiger partial charge in [0.15, 0.2) is 38.7 Å². The Hall–Kier alpha value is -2.40. The number of nitrogens with one attached hydrogen (secondary N) is 1. The molecule has 0 fully saturated rings. The fourth-order valence-electron chi connectivity index (χ4n) is 3.06. The zero-order chi connectivity index (χ0) is 21.9. The SMILES string of the molecule is COCOCOCOc1cc2c(cc1OCOCOCOC)Nc1ccc(C)cc1C2. The first-order valence-corrected chi connectivity index (χ1v) is 9.79. The van der Waals surface area contributed by atoms with E-state index in [0.29, 0.717) is 11.5 Å². The van der Waals surface area contributed by atoms with E-state index >= 15 is 0 Å². The van der Waals surface area contributed by atoms with Crippen molar-refractivity contribution in [2.24, 2.45) is 0 Å². The van der Waals surface area contributed by atoms with Gasteiger partial charge in [0.2, 0.25) is 0 Å². The average Bonchev–Trinajstić information content (AvgIpc) is 2.77. The molecule has 0 aromatic heterocycles. The third-order valence-corrected chi connectivity index (χ3v) is 4.41. The van der Waals surface area contributed by atoms with Crippen molar-refractivity contribution in [1.29, 1.82) is 0 Å². The van der Waals surface area contributed by atoms with Gasteiger partial charge in [0.1, 0.15) is 13.6 Å². The van der Waals surface area contributed by atoms with Gasteiger partial charge in [0.05, 0.1) is 0 Å². The predicted molar refractivity (Wildman–Crippen MR) is 113 cm³/mol. The molecule has 0 unspecified atom stereocenters. The molecule has 0 spiro atoms. The number of hydrogen-bond acceptors (Lipinski definition) is 9. The second kappa shape index (κ2) is 12.5. The standard InChI is InChI=1S/C22H29NO8/c1-16-4-5-19-17(6-16)7-18-8-21(30-14-28-12-26-10-24-2)22(9-20(18)23-19)31-15-29-13-27-11-25-3/h4-6,8-9,23H,7,10-15H2,1-3H3. The molecule has 170 valence electrons. The summed E-state index contributed by atoms with van der Waals surface area (Å²) in [7, 11) is 3.09. The molecule has 9 nitrogen and oxygen atoms in total. The Morgan fingerprint density at radius 1 is 0.677 bits per heavy atom. The van der Waals surface area contributed by atoms with E-state index in [-0.39, 0.29) is 40.8 Å². The zero-order valence-electron chi connectivity index (χ0n) is 18.1. The summed E-state index contributed by atoms with van der Waals surface area (Å²) in [6, 6.07) is 10.2. The molecule has 0 saturated heterocycles. The Morgan fingerprint density at radius 2 is 1.26 bits per heavy atom. The number of methoxy groups -OCH3 is 2. The van der Waals surface area contributed by atoms with Gasteiger partial charge in [-0.15, -0.1) is 0 Å². The van der Waals surface area contributed by atoms with Crippen molar-refractivity contribution in [3.8, 4) is 11.5 Å². The first kappa shape index (κ1) is 23.3. The molecule has 1 N–H and O–H groups in total. The minimum Gasteiger partial charge on any atom is -0.464 e. The molecule has 0 atom stereocenters. The molecule has 1 aliphatic heterocycles. The number of aryl methyl sites for hydroxylation is 1. The molecular formula is C22H29NO8. The van der Waals surface area contributed by atoms with Crippen LogP contribution in [0.3, 0.4) is 0 Å². The summed E-state index contributed by atoms with van der Waals surface area (Å²) in [5.74, 6) is 1.07. The van der Waals surface area contributed by atoms with Gasteiger partial charge in [-0.3, -0.25) is 0 Å². The van der Waals surface area contributed by atoms with Crippen LogP contribution in [0, 0.1) is 6.92 Å². The molecule has 3 rings (SSSR count). The third-order valence-electron chi connectivity index (χ3n) is 4.41. The van der Waals surface area contributed by atoms with Gasteiger partial charge < -0.3 is 43.2 Å². The summed E-state index contributed by atoms with van der Waals surface area (Å²) in [6.45, 7) is 2.49. The third kappa shape index (κ3) is 7.06. The summed E-state index contributed by atoms with van der Waals surface area (Å²) in [4.78, 5) is 0. The number of hydrogen-bond donors (Lipinski definition) is 1. The molecule has 9 heteroatoms. The van der Waals surface area contributed by atoms with E-state index in [4.69, 9.17) is 37.9 Å². The monoisotopic (exact) mass is 435 g/mol. The molecule has 0 aliphatic carbocycles. The number of ether oxygens (including phenoxy) is 8. The minimum atomic E-state index is -0.00749. The highest BCUT2D eigenvalue weighted by Gasteiger charge is 2.19. The van der Waals surface area contributed by atoms with Crippen molar-refractivity contribution in [3.05, 3.63) is 47.0 Å². The fourth-order valence-corrected chi connectivity index (χ4v) is 3.06. The van der Waals surface area contributed by atoms with Crippen LogP contribution >= 0.6 is 0 Å². The lowest BCUT2D eigenvalue weighted by molar-refractivity contribution is -0.148. The maximum atomic E-state index is 5.79. The van der Waals surface area contributed by atoms with Crippen molar-refractivity contribution in [3.63, 3.8) is 0 Å². The fraction of sp³-hybridized carbons (Fsp3) is 0.455. The normalized spacial score (nSPS) is 12.1. The summed E-state index contributed by atoms with van der Waals surface area (Å²) in [5.41, 5.74) is 5.59. The maximum absolute atomic E-state index is 5.79. The molecule has 0 saturated carbocycles. The van der Waals surface area contributed by atoms with Crippen LogP contribution in [0.15, 0.2) is 30.3 Å². The molecule has 31 heavy (non-hydrogen) atoms. The molecule has 2 aromatic rings. The summed E-state index contributed by atoms with van der Waals surface area (Å²) in [6.07, 6.45) is 0.787. The van der Waals surface area contributed by atoms with Gasteiger partial charge in [0.25, 0.3) is 0 Å². The van der Waals surface area contributed by atoms with Crippen molar-refractivity contribution < 1.29 is 37.9 Å². The largest absolute Gasteiger partial charge is 0.464 e. The van der Waals surface area contributed by atoms with Crippen LogP contribution in [0.4, 0.5) is 11.4 Å². The molecule has 0 bridgehead atoms. The van der Waals surface area contributed by atoms with Crippen molar-refractivity contribution in [1.82, 2.24) is 0 Å². The number of fused-ring (bicyclic) bond motifs is 2. The van der Waals surface area contributed by atoms with Crippen molar-refractivity contribution in [2.75, 3.05) is 60.3 Å². The molecule has 2 aromatic carbocycles. The van der Waals surface area contributed by atoms with Crippen LogP contribution in [0.5, 0.6) is 11.5 Å². The Balaban J connectivity index is 1.66. The smallest absolute Gasteiger partial charge is 0.191 e. The second-order valence-electron chi connectivity index (χ2n) is 6.81. The van der Waals surface area contributed by atoms with Gasteiger partial charge in [-0.1, -0.05) is 17.7 Å². The Bertz CT molecular complexity index is 829. The van der Waals surface area contributed by atoms with Crippen LogP contribution in [0.1, 0.15) is 16.7 Å². The zero-order valence-corrected chi connectivity index (χ0v) is 18.1. The number of rotatable bonds is 14. The number of anilines is 2. The molecule has 0 radical (unpaired) electrons. The van der Waals surface area contributed by atoms with E-state index in [1.165, 1.54) is 11.1 Å². The van der Waals surface area contributed by atoms with Crippen molar-refractivity contribution >= 4 is 11.4 Å². The lowest BCUT2D eigenvalue weighted by atomic mass is 9.95. The average molecular weight is 435 g/mol. The van der Waals surface area contributed by atoms with E-state index in [0.717, 1.165) is 23.4 Å². The van der Waals surface area contributed by atoms with Gasteiger partial charge in [-0.05, 0) is 30.2 Å². The second-order valence-corrected chi connectivity index (χ2v) is 6.81. The molecule has 1 heterocycles. The van der Waals surface area contributed by atoms with E-state index in [9.17, 15) is 0 Å². The van der Waals surface area contributed by atoms with E-state index < -0.39 is 0 Å². The van der Waals surface area contributed by atoms with Crippen LogP contribution < -0.4 is 14.8 Å². The first-order chi connectivity index (χ1) is 15.2. The summed E-state index contributed by atoms with van der Waals surface area (Å²) in [5, 5.41) is 3.46.